The molecule has 2 aromatic rings. The van der Waals surface area contributed by atoms with Gasteiger partial charge >= 0.3 is 0 Å². The summed E-state index contributed by atoms with van der Waals surface area (Å²) in [6.45, 7) is 0.688. The van der Waals surface area contributed by atoms with Crippen LogP contribution in [0, 0.1) is 0 Å². The number of hydrogen-bond donors (Lipinski definition) is 3. The van der Waals surface area contributed by atoms with Gasteiger partial charge < -0.3 is 16.4 Å². The minimum Gasteiger partial charge on any atom is -0.399 e. The van der Waals surface area contributed by atoms with Crippen LogP contribution in [0.5, 0.6) is 0 Å². The molecule has 20 heavy (non-hydrogen) atoms. The molecule has 1 atom stereocenters. The van der Waals surface area contributed by atoms with Crippen molar-refractivity contribution in [1.29, 1.82) is 0 Å². The molecular formula is C14H15N3O2S. The summed E-state index contributed by atoms with van der Waals surface area (Å²) in [5.41, 5.74) is 6.40. The summed E-state index contributed by atoms with van der Waals surface area (Å²) in [6.07, 6.45) is 1.58. The van der Waals surface area contributed by atoms with Crippen molar-refractivity contribution in [3.05, 3.63) is 29.1 Å². The number of anilines is 1. The van der Waals surface area contributed by atoms with Crippen molar-refractivity contribution in [2.24, 2.45) is 0 Å². The van der Waals surface area contributed by atoms with Crippen LogP contribution >= 0.6 is 11.3 Å². The molecule has 1 aromatic carbocycles. The van der Waals surface area contributed by atoms with E-state index in [4.69, 9.17) is 5.73 Å². The number of amides is 2. The maximum absolute atomic E-state index is 12.2. The average molecular weight is 289 g/mol. The number of fused-ring (bicyclic) bond motifs is 1. The minimum absolute atomic E-state index is 0.102. The number of rotatable bonds is 2. The molecule has 4 N–H and O–H groups in total. The Hall–Kier alpha value is -2.08. The fraction of sp³-hybridized carbons (Fsp3) is 0.286. The number of nitrogens with one attached hydrogen (secondary N) is 2. The highest BCUT2D eigenvalue weighted by Crippen LogP contribution is 2.27. The van der Waals surface area contributed by atoms with E-state index in [2.05, 4.69) is 10.6 Å². The van der Waals surface area contributed by atoms with E-state index < -0.39 is 6.04 Å². The number of benzene rings is 1. The number of piperidine rings is 1. The van der Waals surface area contributed by atoms with Crippen LogP contribution in [0.15, 0.2) is 24.3 Å². The van der Waals surface area contributed by atoms with E-state index in [0.717, 1.165) is 16.5 Å². The van der Waals surface area contributed by atoms with Crippen molar-refractivity contribution in [1.82, 2.24) is 10.6 Å². The molecule has 0 radical (unpaired) electrons. The molecule has 0 saturated carbocycles. The van der Waals surface area contributed by atoms with Gasteiger partial charge in [0.1, 0.15) is 6.04 Å². The van der Waals surface area contributed by atoms with Crippen LogP contribution in [0.4, 0.5) is 5.69 Å². The molecule has 3 rings (SSSR count). The van der Waals surface area contributed by atoms with Crippen molar-refractivity contribution in [3.8, 4) is 0 Å². The van der Waals surface area contributed by atoms with E-state index in [1.54, 1.807) is 0 Å². The molecule has 2 heterocycles. The fourth-order valence-corrected chi connectivity index (χ4v) is 3.26. The van der Waals surface area contributed by atoms with Crippen molar-refractivity contribution < 1.29 is 9.59 Å². The third-order valence-electron chi connectivity index (χ3n) is 3.35. The van der Waals surface area contributed by atoms with Crippen LogP contribution in [0.3, 0.4) is 0 Å². The first-order valence-electron chi connectivity index (χ1n) is 6.51. The molecule has 5 nitrogen and oxygen atoms in total. The van der Waals surface area contributed by atoms with E-state index in [1.807, 2.05) is 24.3 Å². The van der Waals surface area contributed by atoms with E-state index in [9.17, 15) is 9.59 Å². The zero-order valence-corrected chi connectivity index (χ0v) is 11.6. The first-order chi connectivity index (χ1) is 9.63. The van der Waals surface area contributed by atoms with Crippen LogP contribution in [0.2, 0.25) is 0 Å². The van der Waals surface area contributed by atoms with Gasteiger partial charge in [0.05, 0.1) is 4.88 Å². The maximum Gasteiger partial charge on any atom is 0.262 e. The third-order valence-corrected chi connectivity index (χ3v) is 4.47. The quantitative estimate of drug-likeness (QED) is 0.732. The van der Waals surface area contributed by atoms with Crippen LogP contribution in [-0.4, -0.2) is 24.4 Å². The van der Waals surface area contributed by atoms with E-state index in [1.165, 1.54) is 11.3 Å². The molecule has 1 aliphatic rings. The fourth-order valence-electron chi connectivity index (χ4n) is 2.31. The zero-order chi connectivity index (χ0) is 14.1. The number of thiophene rings is 1. The van der Waals surface area contributed by atoms with Gasteiger partial charge in [-0.3, -0.25) is 9.59 Å². The van der Waals surface area contributed by atoms with Gasteiger partial charge in [0.2, 0.25) is 5.91 Å². The molecule has 0 spiro atoms. The van der Waals surface area contributed by atoms with E-state index in [-0.39, 0.29) is 11.8 Å². The first kappa shape index (κ1) is 12.9. The summed E-state index contributed by atoms with van der Waals surface area (Å²) < 4.78 is 1.01. The van der Waals surface area contributed by atoms with Gasteiger partial charge in [-0.2, -0.15) is 0 Å². The highest BCUT2D eigenvalue weighted by Gasteiger charge is 2.24. The number of hydrogen-bond acceptors (Lipinski definition) is 4. The van der Waals surface area contributed by atoms with E-state index in [0.29, 0.717) is 23.5 Å². The molecule has 6 heteroatoms. The Labute approximate surface area is 120 Å². The second-order valence-corrected chi connectivity index (χ2v) is 5.95. The predicted molar refractivity (Wildman–Crippen MR) is 79.7 cm³/mol. The smallest absolute Gasteiger partial charge is 0.262 e. The van der Waals surface area contributed by atoms with E-state index >= 15 is 0 Å². The van der Waals surface area contributed by atoms with Gasteiger partial charge in [-0.15, -0.1) is 11.3 Å². The Kier molecular flexibility index (Phi) is 3.31. The Morgan fingerprint density at radius 3 is 3.05 bits per heavy atom. The van der Waals surface area contributed by atoms with Gasteiger partial charge in [0, 0.05) is 16.9 Å². The average Bonchev–Trinajstić information content (AvgIpc) is 2.84. The van der Waals surface area contributed by atoms with Crippen molar-refractivity contribution in [2.45, 2.75) is 18.9 Å². The summed E-state index contributed by atoms with van der Waals surface area (Å²) >= 11 is 1.40. The largest absolute Gasteiger partial charge is 0.399 e. The Morgan fingerprint density at radius 1 is 1.40 bits per heavy atom. The van der Waals surface area contributed by atoms with Crippen LogP contribution in [0.1, 0.15) is 22.5 Å². The predicted octanol–water partition coefficient (Wildman–Crippen LogP) is 1.49. The van der Waals surface area contributed by atoms with Crippen LogP contribution in [0.25, 0.3) is 10.1 Å². The number of nitrogen functional groups attached to an aromatic ring is 1. The van der Waals surface area contributed by atoms with Crippen LogP contribution in [-0.2, 0) is 4.79 Å². The normalized spacial score (nSPS) is 18.8. The molecule has 0 aliphatic carbocycles. The SMILES string of the molecule is Nc1ccc2sc(C(=O)NC3CCCNC3=O)cc2c1. The van der Waals surface area contributed by atoms with Crippen molar-refractivity contribution >= 4 is 38.9 Å². The number of carbonyl (C=O) groups excluding carboxylic acids is 2. The second kappa shape index (κ2) is 5.13. The first-order valence-corrected chi connectivity index (χ1v) is 7.33. The molecule has 1 unspecified atom stereocenters. The highest BCUT2D eigenvalue weighted by molar-refractivity contribution is 7.20. The van der Waals surface area contributed by atoms with Gasteiger partial charge in [-0.25, -0.2) is 0 Å². The van der Waals surface area contributed by atoms with Gasteiger partial charge in [-0.1, -0.05) is 0 Å². The zero-order valence-electron chi connectivity index (χ0n) is 10.8. The number of nitrogens with two attached hydrogens (primary N) is 1. The van der Waals surface area contributed by atoms with Crippen molar-refractivity contribution in [3.63, 3.8) is 0 Å². The maximum atomic E-state index is 12.2. The molecule has 1 aromatic heterocycles. The summed E-state index contributed by atoms with van der Waals surface area (Å²) in [4.78, 5) is 24.4. The second-order valence-electron chi connectivity index (χ2n) is 4.87. The van der Waals surface area contributed by atoms with Crippen LogP contribution < -0.4 is 16.4 Å². The lowest BCUT2D eigenvalue weighted by molar-refractivity contribution is -0.124. The summed E-state index contributed by atoms with van der Waals surface area (Å²) in [5.74, 6) is -0.304. The molecule has 2 amide bonds. The summed E-state index contributed by atoms with van der Waals surface area (Å²) in [5, 5.41) is 6.50. The molecule has 1 saturated heterocycles. The monoisotopic (exact) mass is 289 g/mol. The molecular weight excluding hydrogens is 274 g/mol. The molecule has 0 bridgehead atoms. The van der Waals surface area contributed by atoms with Crippen molar-refractivity contribution in [2.75, 3.05) is 12.3 Å². The lowest BCUT2D eigenvalue weighted by Crippen LogP contribution is -2.50. The molecule has 1 aliphatic heterocycles. The Bertz CT molecular complexity index is 680. The lowest BCUT2D eigenvalue weighted by atomic mass is 10.1. The molecule has 104 valence electrons. The highest BCUT2D eigenvalue weighted by atomic mass is 32.1. The summed E-state index contributed by atoms with van der Waals surface area (Å²) in [7, 11) is 0. The Morgan fingerprint density at radius 2 is 2.25 bits per heavy atom. The van der Waals surface area contributed by atoms with Gasteiger partial charge in [0.25, 0.3) is 5.91 Å². The van der Waals surface area contributed by atoms with Gasteiger partial charge in [-0.05, 0) is 42.5 Å². The Balaban J connectivity index is 1.79. The molecule has 1 fully saturated rings. The number of carbonyl (C=O) groups is 2. The summed E-state index contributed by atoms with van der Waals surface area (Å²) in [6, 6.07) is 6.95. The topological polar surface area (TPSA) is 84.2 Å². The standard InChI is InChI=1S/C14H15N3O2S/c15-9-3-4-11-8(6-9)7-12(20-11)14(19)17-10-2-1-5-16-13(10)18/h3-4,6-7,10H,1-2,5,15H2,(H,16,18)(H,17,19). The lowest BCUT2D eigenvalue weighted by Gasteiger charge is -2.22. The third kappa shape index (κ3) is 2.46. The minimum atomic E-state index is -0.425. The van der Waals surface area contributed by atoms with Gasteiger partial charge in [0.15, 0.2) is 0 Å².